The van der Waals surface area contributed by atoms with E-state index in [1.54, 1.807) is 23.5 Å². The molecule has 4 rings (SSSR count). The standard InChI is InChI=1S/C22H26FN3OS/c1-2-25-9-11-26(12-10-25)22-21-18(8-14-28-21)15-20(24-22)17-5-3-16(4-6-17)19(23)7-13-27/h3-6,8,14-15,19,27H,2,7,9-13H2,1H3. The Kier molecular flexibility index (Phi) is 5.90. The van der Waals surface area contributed by atoms with E-state index in [0.717, 1.165) is 49.8 Å². The van der Waals surface area contributed by atoms with Crippen molar-refractivity contribution in [2.24, 2.45) is 0 Å². The number of nitrogens with zero attached hydrogens (tertiary/aromatic N) is 3. The van der Waals surface area contributed by atoms with Gasteiger partial charge in [-0.05, 0) is 35.0 Å². The number of hydrogen-bond acceptors (Lipinski definition) is 5. The van der Waals surface area contributed by atoms with Gasteiger partial charge in [-0.2, -0.15) is 0 Å². The molecule has 3 heterocycles. The van der Waals surface area contributed by atoms with Crippen molar-refractivity contribution in [3.63, 3.8) is 0 Å². The molecular weight excluding hydrogens is 373 g/mol. The fourth-order valence-corrected chi connectivity index (χ4v) is 4.63. The minimum atomic E-state index is -1.13. The van der Waals surface area contributed by atoms with Crippen molar-refractivity contribution in [3.8, 4) is 11.3 Å². The lowest BCUT2D eigenvalue weighted by Gasteiger charge is -2.35. The van der Waals surface area contributed by atoms with E-state index in [4.69, 9.17) is 10.1 Å². The Morgan fingerprint density at radius 2 is 1.89 bits per heavy atom. The first-order valence-corrected chi connectivity index (χ1v) is 10.8. The number of aliphatic hydroxyl groups is 1. The molecule has 0 aliphatic carbocycles. The number of rotatable bonds is 6. The maximum absolute atomic E-state index is 14.0. The number of piperazine rings is 1. The third kappa shape index (κ3) is 3.90. The second kappa shape index (κ2) is 8.55. The van der Waals surface area contributed by atoms with E-state index in [1.807, 2.05) is 12.1 Å². The number of aromatic nitrogens is 1. The van der Waals surface area contributed by atoms with E-state index >= 15 is 0 Å². The van der Waals surface area contributed by atoms with Crippen molar-refractivity contribution in [2.45, 2.75) is 19.5 Å². The summed E-state index contributed by atoms with van der Waals surface area (Å²) in [5.74, 6) is 1.06. The van der Waals surface area contributed by atoms with Crippen LogP contribution in [0.1, 0.15) is 25.1 Å². The van der Waals surface area contributed by atoms with E-state index in [2.05, 4.69) is 34.2 Å². The topological polar surface area (TPSA) is 39.6 Å². The van der Waals surface area contributed by atoms with Crippen LogP contribution < -0.4 is 4.90 Å². The minimum Gasteiger partial charge on any atom is -0.396 e. The molecule has 3 aromatic rings. The smallest absolute Gasteiger partial charge is 0.147 e. The number of benzene rings is 1. The SMILES string of the molecule is CCN1CCN(c2nc(-c3ccc(C(F)CCO)cc3)cc3ccsc23)CC1. The summed E-state index contributed by atoms with van der Waals surface area (Å²) >= 11 is 1.74. The number of aliphatic hydroxyl groups excluding tert-OH is 1. The predicted molar refractivity (Wildman–Crippen MR) is 115 cm³/mol. The van der Waals surface area contributed by atoms with Gasteiger partial charge >= 0.3 is 0 Å². The third-order valence-electron chi connectivity index (χ3n) is 5.49. The first-order valence-electron chi connectivity index (χ1n) is 9.90. The maximum atomic E-state index is 14.0. The molecule has 1 aliphatic heterocycles. The van der Waals surface area contributed by atoms with Gasteiger partial charge in [-0.25, -0.2) is 9.37 Å². The molecule has 2 aromatic heterocycles. The van der Waals surface area contributed by atoms with Gasteiger partial charge in [-0.15, -0.1) is 11.3 Å². The summed E-state index contributed by atoms with van der Waals surface area (Å²) in [6, 6.07) is 11.7. The lowest BCUT2D eigenvalue weighted by molar-refractivity contribution is 0.222. The summed E-state index contributed by atoms with van der Waals surface area (Å²) in [6.07, 6.45) is -0.997. The van der Waals surface area contributed by atoms with E-state index in [9.17, 15) is 4.39 Å². The molecule has 1 fully saturated rings. The Bertz CT molecular complexity index is 919. The van der Waals surface area contributed by atoms with E-state index < -0.39 is 6.17 Å². The van der Waals surface area contributed by atoms with Gasteiger partial charge in [0, 0.05) is 44.8 Å². The number of thiophene rings is 1. The molecule has 6 heteroatoms. The summed E-state index contributed by atoms with van der Waals surface area (Å²) < 4.78 is 15.3. The number of anilines is 1. The molecule has 4 nitrogen and oxygen atoms in total. The number of hydrogen-bond donors (Lipinski definition) is 1. The van der Waals surface area contributed by atoms with Crippen molar-refractivity contribution >= 4 is 27.2 Å². The summed E-state index contributed by atoms with van der Waals surface area (Å²) in [6.45, 7) is 7.25. The first-order chi connectivity index (χ1) is 13.7. The maximum Gasteiger partial charge on any atom is 0.147 e. The number of likely N-dealkylation sites (N-methyl/N-ethyl adjacent to an activating group) is 1. The van der Waals surface area contributed by atoms with Gasteiger partial charge in [0.1, 0.15) is 12.0 Å². The minimum absolute atomic E-state index is 0.131. The zero-order chi connectivity index (χ0) is 19.5. The predicted octanol–water partition coefficient (Wildman–Crippen LogP) is 4.50. The molecule has 0 radical (unpaired) electrons. The normalized spacial score (nSPS) is 16.6. The first kappa shape index (κ1) is 19.3. The van der Waals surface area contributed by atoms with Crippen LogP contribution in [-0.4, -0.2) is 54.3 Å². The average Bonchev–Trinajstić information content (AvgIpc) is 3.22. The molecule has 28 heavy (non-hydrogen) atoms. The van der Waals surface area contributed by atoms with E-state index in [1.165, 1.54) is 10.1 Å². The number of alkyl halides is 1. The van der Waals surface area contributed by atoms with Crippen molar-refractivity contribution in [2.75, 3.05) is 44.2 Å². The Hall–Kier alpha value is -2.02. The lowest BCUT2D eigenvalue weighted by atomic mass is 10.0. The fraction of sp³-hybridized carbons (Fsp3) is 0.409. The molecule has 1 atom stereocenters. The molecule has 1 N–H and O–H groups in total. The summed E-state index contributed by atoms with van der Waals surface area (Å²) in [5.41, 5.74) is 2.51. The molecule has 1 aliphatic rings. The van der Waals surface area contributed by atoms with Crippen LogP contribution in [0.4, 0.5) is 10.2 Å². The highest BCUT2D eigenvalue weighted by Crippen LogP contribution is 2.34. The highest BCUT2D eigenvalue weighted by Gasteiger charge is 2.20. The quantitative estimate of drug-likeness (QED) is 0.663. The Balaban J connectivity index is 1.65. The summed E-state index contributed by atoms with van der Waals surface area (Å²) in [5, 5.41) is 12.3. The van der Waals surface area contributed by atoms with Crippen LogP contribution in [0.15, 0.2) is 41.8 Å². The molecule has 0 spiro atoms. The highest BCUT2D eigenvalue weighted by atomic mass is 32.1. The van der Waals surface area contributed by atoms with E-state index in [-0.39, 0.29) is 13.0 Å². The summed E-state index contributed by atoms with van der Waals surface area (Å²) in [4.78, 5) is 9.87. The number of fused-ring (bicyclic) bond motifs is 1. The lowest BCUT2D eigenvalue weighted by Crippen LogP contribution is -2.46. The number of halogens is 1. The Labute approximate surface area is 169 Å². The van der Waals surface area contributed by atoms with Gasteiger partial charge in [0.15, 0.2) is 0 Å². The second-order valence-electron chi connectivity index (χ2n) is 7.19. The second-order valence-corrected chi connectivity index (χ2v) is 8.11. The van der Waals surface area contributed by atoms with E-state index in [0.29, 0.717) is 5.56 Å². The molecular formula is C22H26FN3OS. The van der Waals surface area contributed by atoms with Crippen molar-refractivity contribution in [1.82, 2.24) is 9.88 Å². The largest absolute Gasteiger partial charge is 0.396 e. The van der Waals surface area contributed by atoms with Crippen LogP contribution in [0, 0.1) is 0 Å². The van der Waals surface area contributed by atoms with Crippen LogP contribution in [-0.2, 0) is 0 Å². The molecule has 0 saturated carbocycles. The monoisotopic (exact) mass is 399 g/mol. The van der Waals surface area contributed by atoms with Crippen LogP contribution in [0.3, 0.4) is 0 Å². The molecule has 148 valence electrons. The Morgan fingerprint density at radius 3 is 2.57 bits per heavy atom. The van der Waals surface area contributed by atoms with Gasteiger partial charge in [-0.1, -0.05) is 31.2 Å². The van der Waals surface area contributed by atoms with Crippen LogP contribution in [0.5, 0.6) is 0 Å². The van der Waals surface area contributed by atoms with Gasteiger partial charge in [0.2, 0.25) is 0 Å². The molecule has 1 unspecified atom stereocenters. The number of pyridine rings is 1. The fourth-order valence-electron chi connectivity index (χ4n) is 3.74. The van der Waals surface area contributed by atoms with Crippen molar-refractivity contribution in [3.05, 3.63) is 47.3 Å². The Morgan fingerprint density at radius 1 is 1.14 bits per heavy atom. The molecule has 0 bridgehead atoms. The van der Waals surface area contributed by atoms with Crippen LogP contribution in [0.25, 0.3) is 21.3 Å². The average molecular weight is 400 g/mol. The van der Waals surface area contributed by atoms with Crippen molar-refractivity contribution < 1.29 is 9.50 Å². The zero-order valence-corrected chi connectivity index (χ0v) is 17.0. The molecule has 1 aromatic carbocycles. The van der Waals surface area contributed by atoms with Crippen molar-refractivity contribution in [1.29, 1.82) is 0 Å². The van der Waals surface area contributed by atoms with Gasteiger partial charge in [0.05, 0.1) is 10.4 Å². The van der Waals surface area contributed by atoms with Gasteiger partial charge < -0.3 is 14.9 Å². The van der Waals surface area contributed by atoms with Crippen LogP contribution >= 0.6 is 11.3 Å². The molecule has 1 saturated heterocycles. The highest BCUT2D eigenvalue weighted by molar-refractivity contribution is 7.17. The zero-order valence-electron chi connectivity index (χ0n) is 16.1. The van der Waals surface area contributed by atoms with Crippen LogP contribution in [0.2, 0.25) is 0 Å². The summed E-state index contributed by atoms with van der Waals surface area (Å²) in [7, 11) is 0. The van der Waals surface area contributed by atoms with Gasteiger partial charge in [-0.3, -0.25) is 0 Å². The third-order valence-corrected chi connectivity index (χ3v) is 6.41. The molecule has 0 amide bonds. The van der Waals surface area contributed by atoms with Gasteiger partial charge in [0.25, 0.3) is 0 Å².